The van der Waals surface area contributed by atoms with E-state index in [0.29, 0.717) is 23.0 Å². The summed E-state index contributed by atoms with van der Waals surface area (Å²) in [5.74, 6) is 1.76. The predicted molar refractivity (Wildman–Crippen MR) is 114 cm³/mol. The molecule has 3 aromatic heterocycles. The number of ketones is 1. The van der Waals surface area contributed by atoms with Crippen LogP contribution in [0.25, 0.3) is 21.6 Å². The zero-order chi connectivity index (χ0) is 19.8. The van der Waals surface area contributed by atoms with Gasteiger partial charge in [0.2, 0.25) is 5.88 Å². The molecule has 0 radical (unpaired) electrons. The Kier molecular flexibility index (Phi) is 4.56. The van der Waals surface area contributed by atoms with Crippen LogP contribution >= 0.6 is 11.3 Å². The maximum Gasteiger partial charge on any atom is 0.231 e. The Morgan fingerprint density at radius 3 is 2.83 bits per heavy atom. The van der Waals surface area contributed by atoms with Gasteiger partial charge >= 0.3 is 0 Å². The monoisotopic (exact) mass is 401 g/mol. The minimum Gasteiger partial charge on any atom is -0.438 e. The maximum absolute atomic E-state index is 11.8. The van der Waals surface area contributed by atoms with Gasteiger partial charge in [0.15, 0.2) is 11.6 Å². The van der Waals surface area contributed by atoms with Gasteiger partial charge in [-0.05, 0) is 62.4 Å². The van der Waals surface area contributed by atoms with Crippen LogP contribution in [0.5, 0.6) is 11.6 Å². The number of hydrogen-bond acceptors (Lipinski definition) is 6. The number of aryl methyl sites for hydroxylation is 2. The molecule has 0 unspecified atom stereocenters. The van der Waals surface area contributed by atoms with Gasteiger partial charge in [0.25, 0.3) is 0 Å². The van der Waals surface area contributed by atoms with Crippen LogP contribution < -0.4 is 4.74 Å². The fraction of sp³-hybridized carbons (Fsp3) is 0.217. The molecule has 1 aliphatic carbocycles. The van der Waals surface area contributed by atoms with Gasteiger partial charge < -0.3 is 4.74 Å². The summed E-state index contributed by atoms with van der Waals surface area (Å²) in [6, 6.07) is 11.1. The minimum absolute atomic E-state index is 0.00671. The highest BCUT2D eigenvalue weighted by Crippen LogP contribution is 2.41. The molecule has 6 heteroatoms. The second kappa shape index (κ2) is 7.37. The molecule has 0 atom stereocenters. The molecule has 3 heterocycles. The first-order valence-corrected chi connectivity index (χ1v) is 10.5. The van der Waals surface area contributed by atoms with Crippen molar-refractivity contribution in [3.05, 3.63) is 64.8 Å². The zero-order valence-corrected chi connectivity index (χ0v) is 16.8. The summed E-state index contributed by atoms with van der Waals surface area (Å²) in [7, 11) is 0. The average Bonchev–Trinajstić information content (AvgIpc) is 3.13. The van der Waals surface area contributed by atoms with E-state index in [1.54, 1.807) is 42.8 Å². The average molecular weight is 401 g/mol. The van der Waals surface area contributed by atoms with E-state index in [-0.39, 0.29) is 5.78 Å². The van der Waals surface area contributed by atoms with Gasteiger partial charge in [-0.1, -0.05) is 12.1 Å². The Balaban J connectivity index is 1.68. The van der Waals surface area contributed by atoms with Crippen LogP contribution in [0.1, 0.15) is 40.6 Å². The number of carbonyl (C=O) groups is 1. The third-order valence-corrected chi connectivity index (χ3v) is 6.34. The molecular formula is C23H19N3O2S. The lowest BCUT2D eigenvalue weighted by Crippen LogP contribution is -2.01. The highest BCUT2D eigenvalue weighted by atomic mass is 32.1. The van der Waals surface area contributed by atoms with Crippen molar-refractivity contribution in [3.63, 3.8) is 0 Å². The van der Waals surface area contributed by atoms with E-state index in [1.165, 1.54) is 23.3 Å². The standard InChI is InChI=1S/C23H19N3O2S/c1-14(27)15-6-4-8-17(12-15)28-22-20-18-9-2-3-10-19(18)29-23(20)26-21(25-22)16-7-5-11-24-13-16/h4-8,11-13H,2-3,9-10H2,1H3. The third-order valence-electron chi connectivity index (χ3n) is 5.16. The quantitative estimate of drug-likeness (QED) is 0.415. The molecule has 4 aromatic rings. The molecule has 144 valence electrons. The van der Waals surface area contributed by atoms with Crippen LogP contribution in [0.2, 0.25) is 0 Å². The molecule has 0 spiro atoms. The minimum atomic E-state index is 0.00671. The molecule has 1 aromatic carbocycles. The Morgan fingerprint density at radius 2 is 2.00 bits per heavy atom. The van der Waals surface area contributed by atoms with E-state index in [2.05, 4.69) is 4.98 Å². The highest BCUT2D eigenvalue weighted by Gasteiger charge is 2.23. The third kappa shape index (κ3) is 3.40. The Hall–Kier alpha value is -3.12. The van der Waals surface area contributed by atoms with Crippen molar-refractivity contribution in [3.8, 4) is 23.0 Å². The zero-order valence-electron chi connectivity index (χ0n) is 16.0. The van der Waals surface area contributed by atoms with Crippen molar-refractivity contribution >= 4 is 27.3 Å². The van der Waals surface area contributed by atoms with Crippen LogP contribution in [-0.2, 0) is 12.8 Å². The van der Waals surface area contributed by atoms with Crippen molar-refractivity contribution < 1.29 is 9.53 Å². The number of carbonyl (C=O) groups excluding carboxylic acids is 1. The van der Waals surface area contributed by atoms with E-state index < -0.39 is 0 Å². The largest absolute Gasteiger partial charge is 0.438 e. The van der Waals surface area contributed by atoms with Crippen LogP contribution in [0.3, 0.4) is 0 Å². The van der Waals surface area contributed by atoms with Gasteiger partial charge in [-0.2, -0.15) is 4.98 Å². The van der Waals surface area contributed by atoms with Gasteiger partial charge in [-0.3, -0.25) is 9.78 Å². The molecule has 5 nitrogen and oxygen atoms in total. The number of hydrogen-bond donors (Lipinski definition) is 0. The number of fused-ring (bicyclic) bond motifs is 3. The first-order chi connectivity index (χ1) is 14.2. The normalized spacial score (nSPS) is 13.3. The van der Waals surface area contributed by atoms with E-state index in [1.807, 2.05) is 24.3 Å². The Labute approximate surface area is 172 Å². The summed E-state index contributed by atoms with van der Waals surface area (Å²) in [5, 5.41) is 1.01. The van der Waals surface area contributed by atoms with Gasteiger partial charge in [-0.25, -0.2) is 4.98 Å². The lowest BCUT2D eigenvalue weighted by Gasteiger charge is -2.13. The number of Topliss-reactive ketones (excluding diaryl/α,β-unsaturated/α-hetero) is 1. The number of rotatable bonds is 4. The number of nitrogens with zero attached hydrogens (tertiary/aromatic N) is 3. The number of ether oxygens (including phenoxy) is 1. The maximum atomic E-state index is 11.8. The number of aromatic nitrogens is 3. The molecule has 0 fully saturated rings. The van der Waals surface area contributed by atoms with Crippen molar-refractivity contribution in [1.82, 2.24) is 15.0 Å². The van der Waals surface area contributed by atoms with Gasteiger partial charge in [0.1, 0.15) is 10.6 Å². The molecule has 5 rings (SSSR count). The SMILES string of the molecule is CC(=O)c1cccc(Oc2nc(-c3cccnc3)nc3sc4c(c23)CCCC4)c1. The Morgan fingerprint density at radius 1 is 1.10 bits per heavy atom. The second-order valence-electron chi connectivity index (χ2n) is 7.17. The van der Waals surface area contributed by atoms with Gasteiger partial charge in [-0.15, -0.1) is 11.3 Å². The van der Waals surface area contributed by atoms with Crippen LogP contribution in [0.4, 0.5) is 0 Å². The van der Waals surface area contributed by atoms with Gasteiger partial charge in [0, 0.05) is 28.4 Å². The number of pyridine rings is 1. The second-order valence-corrected chi connectivity index (χ2v) is 8.25. The van der Waals surface area contributed by atoms with E-state index in [0.717, 1.165) is 28.6 Å². The fourth-order valence-electron chi connectivity index (χ4n) is 3.71. The van der Waals surface area contributed by atoms with Crippen molar-refractivity contribution in [1.29, 1.82) is 0 Å². The number of benzene rings is 1. The van der Waals surface area contributed by atoms with Crippen molar-refractivity contribution in [2.24, 2.45) is 0 Å². The molecular weight excluding hydrogens is 382 g/mol. The lowest BCUT2D eigenvalue weighted by atomic mass is 9.97. The summed E-state index contributed by atoms with van der Waals surface area (Å²) in [5.41, 5.74) is 2.78. The highest BCUT2D eigenvalue weighted by molar-refractivity contribution is 7.18. The molecule has 0 saturated carbocycles. The first-order valence-electron chi connectivity index (χ1n) is 9.70. The van der Waals surface area contributed by atoms with Crippen LogP contribution in [-0.4, -0.2) is 20.7 Å². The Bertz CT molecular complexity index is 1220. The van der Waals surface area contributed by atoms with Crippen LogP contribution in [0.15, 0.2) is 48.8 Å². The van der Waals surface area contributed by atoms with E-state index in [9.17, 15) is 4.79 Å². The lowest BCUT2D eigenvalue weighted by molar-refractivity contribution is 0.101. The topological polar surface area (TPSA) is 65.0 Å². The van der Waals surface area contributed by atoms with Gasteiger partial charge in [0.05, 0.1) is 5.39 Å². The fourth-order valence-corrected chi connectivity index (χ4v) is 4.96. The molecule has 29 heavy (non-hydrogen) atoms. The summed E-state index contributed by atoms with van der Waals surface area (Å²) < 4.78 is 6.25. The predicted octanol–water partition coefficient (Wildman–Crippen LogP) is 5.63. The summed E-state index contributed by atoms with van der Waals surface area (Å²) in [4.78, 5) is 27.9. The van der Waals surface area contributed by atoms with Crippen molar-refractivity contribution in [2.45, 2.75) is 32.6 Å². The summed E-state index contributed by atoms with van der Waals surface area (Å²) in [6.45, 7) is 1.55. The van der Waals surface area contributed by atoms with Crippen molar-refractivity contribution in [2.75, 3.05) is 0 Å². The first kappa shape index (κ1) is 17.9. The molecule has 0 aliphatic heterocycles. The van der Waals surface area contributed by atoms with Crippen LogP contribution in [0, 0.1) is 0 Å². The smallest absolute Gasteiger partial charge is 0.231 e. The molecule has 0 N–H and O–H groups in total. The molecule has 0 saturated heterocycles. The molecule has 0 bridgehead atoms. The van der Waals surface area contributed by atoms with E-state index >= 15 is 0 Å². The number of thiophene rings is 1. The summed E-state index contributed by atoms with van der Waals surface area (Å²) in [6.07, 6.45) is 7.97. The molecule has 0 amide bonds. The molecule has 1 aliphatic rings. The summed E-state index contributed by atoms with van der Waals surface area (Å²) >= 11 is 1.74. The van der Waals surface area contributed by atoms with E-state index in [4.69, 9.17) is 14.7 Å².